The number of nitrogens with zero attached hydrogens (tertiary/aromatic N) is 2. The number of hydrogen-bond donors (Lipinski definition) is 1. The Hall–Kier alpha value is -1.85. The summed E-state index contributed by atoms with van der Waals surface area (Å²) in [7, 11) is 0. The molecule has 0 amide bonds. The molecule has 1 saturated heterocycles. The van der Waals surface area contributed by atoms with Crippen molar-refractivity contribution in [3.05, 3.63) is 63.5 Å². The van der Waals surface area contributed by atoms with Crippen LogP contribution < -0.4 is 10.9 Å². The van der Waals surface area contributed by atoms with Crippen LogP contribution >= 0.6 is 23.8 Å². The summed E-state index contributed by atoms with van der Waals surface area (Å²) in [6, 6.07) is 13.1. The Morgan fingerprint density at radius 1 is 1.17 bits per heavy atom. The van der Waals surface area contributed by atoms with Crippen molar-refractivity contribution in [1.29, 1.82) is 0 Å². The van der Waals surface area contributed by atoms with Crippen molar-refractivity contribution >= 4 is 34.6 Å². The van der Waals surface area contributed by atoms with Crippen LogP contribution in [0, 0.1) is 5.92 Å². The predicted octanol–water partition coefficient (Wildman–Crippen LogP) is 3.32. The highest BCUT2D eigenvalue weighted by molar-refractivity contribution is 7.80. The zero-order chi connectivity index (χ0) is 16.7. The zero-order valence-corrected chi connectivity index (χ0v) is 14.7. The number of benzene rings is 1. The molecule has 1 aromatic carbocycles. The normalized spacial score (nSPS) is 22.0. The van der Waals surface area contributed by atoms with E-state index in [0.29, 0.717) is 16.9 Å². The fraction of sp³-hybridized carbons (Fsp3) is 0.333. The molecule has 2 bridgehead atoms. The molecular formula is C18H18ClN3OS. The molecule has 0 aliphatic carbocycles. The molecule has 24 heavy (non-hydrogen) atoms. The average Bonchev–Trinajstić information content (AvgIpc) is 2.56. The molecule has 1 aromatic heterocycles. The fourth-order valence-electron chi connectivity index (χ4n) is 3.83. The number of anilines is 1. The highest BCUT2D eigenvalue weighted by Crippen LogP contribution is 2.35. The monoisotopic (exact) mass is 359 g/mol. The molecule has 2 aromatic rings. The SMILES string of the molecule is O=c1cccc2n1C[C@H]1C[C@@H]2CN(C(=S)Nc2cccc(Cl)c2)C1. The minimum atomic E-state index is 0.107. The lowest BCUT2D eigenvalue weighted by Gasteiger charge is -2.43. The zero-order valence-electron chi connectivity index (χ0n) is 13.1. The van der Waals surface area contributed by atoms with Gasteiger partial charge in [0.2, 0.25) is 0 Å². The lowest BCUT2D eigenvalue weighted by atomic mass is 9.83. The minimum absolute atomic E-state index is 0.107. The maximum absolute atomic E-state index is 12.1. The molecule has 2 aliphatic heterocycles. The molecule has 0 radical (unpaired) electrons. The van der Waals surface area contributed by atoms with Crippen molar-refractivity contribution in [1.82, 2.24) is 9.47 Å². The molecule has 4 rings (SSSR count). The minimum Gasteiger partial charge on any atom is -0.348 e. The van der Waals surface area contributed by atoms with E-state index in [4.69, 9.17) is 23.8 Å². The molecule has 4 nitrogen and oxygen atoms in total. The van der Waals surface area contributed by atoms with Gasteiger partial charge in [0, 0.05) is 48.0 Å². The molecule has 0 saturated carbocycles. The van der Waals surface area contributed by atoms with Gasteiger partial charge in [-0.05, 0) is 48.8 Å². The van der Waals surface area contributed by atoms with Crippen molar-refractivity contribution in [3.63, 3.8) is 0 Å². The molecule has 6 heteroatoms. The van der Waals surface area contributed by atoms with Crippen LogP contribution in [0.4, 0.5) is 5.69 Å². The molecule has 0 spiro atoms. The largest absolute Gasteiger partial charge is 0.348 e. The van der Waals surface area contributed by atoms with E-state index >= 15 is 0 Å². The summed E-state index contributed by atoms with van der Waals surface area (Å²) >= 11 is 11.6. The van der Waals surface area contributed by atoms with Gasteiger partial charge in [-0.25, -0.2) is 0 Å². The van der Waals surface area contributed by atoms with Gasteiger partial charge in [-0.3, -0.25) is 4.79 Å². The van der Waals surface area contributed by atoms with Crippen molar-refractivity contribution in [2.75, 3.05) is 18.4 Å². The lowest BCUT2D eigenvalue weighted by Crippen LogP contribution is -2.50. The van der Waals surface area contributed by atoms with Gasteiger partial charge in [-0.2, -0.15) is 0 Å². The van der Waals surface area contributed by atoms with Gasteiger partial charge in [0.1, 0.15) is 0 Å². The number of likely N-dealkylation sites (tertiary alicyclic amines) is 1. The van der Waals surface area contributed by atoms with E-state index in [2.05, 4.69) is 16.3 Å². The highest BCUT2D eigenvalue weighted by atomic mass is 35.5. The molecule has 3 heterocycles. The van der Waals surface area contributed by atoms with Crippen molar-refractivity contribution in [3.8, 4) is 0 Å². The number of thiocarbonyl (C=S) groups is 1. The second-order valence-corrected chi connectivity index (χ2v) is 7.37. The Labute approximate surface area is 151 Å². The van der Waals surface area contributed by atoms with Gasteiger partial charge in [0.15, 0.2) is 5.11 Å². The summed E-state index contributed by atoms with van der Waals surface area (Å²) in [6.45, 7) is 2.50. The third-order valence-electron chi connectivity index (χ3n) is 4.84. The van der Waals surface area contributed by atoms with E-state index in [0.717, 1.165) is 42.5 Å². The van der Waals surface area contributed by atoms with Gasteiger partial charge < -0.3 is 14.8 Å². The topological polar surface area (TPSA) is 37.3 Å². The number of aromatic nitrogens is 1. The summed E-state index contributed by atoms with van der Waals surface area (Å²) in [5.41, 5.74) is 2.14. The Bertz CT molecular complexity index is 850. The fourth-order valence-corrected chi connectivity index (χ4v) is 4.29. The summed E-state index contributed by atoms with van der Waals surface area (Å²) in [4.78, 5) is 14.3. The van der Waals surface area contributed by atoms with Crippen LogP contribution in [-0.2, 0) is 6.54 Å². The van der Waals surface area contributed by atoms with Crippen LogP contribution in [0.2, 0.25) is 5.02 Å². The first kappa shape index (κ1) is 15.7. The Morgan fingerprint density at radius 3 is 2.83 bits per heavy atom. The first-order valence-electron chi connectivity index (χ1n) is 8.11. The number of hydrogen-bond acceptors (Lipinski definition) is 2. The van der Waals surface area contributed by atoms with E-state index < -0.39 is 0 Å². The van der Waals surface area contributed by atoms with Gasteiger partial charge >= 0.3 is 0 Å². The van der Waals surface area contributed by atoms with Gasteiger partial charge in [-0.1, -0.05) is 23.7 Å². The molecule has 124 valence electrons. The van der Waals surface area contributed by atoms with Gasteiger partial charge in [0.05, 0.1) is 0 Å². The van der Waals surface area contributed by atoms with E-state index in [1.807, 2.05) is 34.9 Å². The smallest absolute Gasteiger partial charge is 0.250 e. The Balaban J connectivity index is 1.53. The maximum Gasteiger partial charge on any atom is 0.250 e. The van der Waals surface area contributed by atoms with Gasteiger partial charge in [0.25, 0.3) is 5.56 Å². The number of halogens is 1. The number of nitrogens with one attached hydrogen (secondary N) is 1. The number of pyridine rings is 1. The molecule has 2 aliphatic rings. The first-order chi connectivity index (χ1) is 11.6. The molecule has 1 N–H and O–H groups in total. The standard InChI is InChI=1S/C18H18ClN3OS/c19-14-3-1-4-15(8-14)20-18(24)21-9-12-7-13(11-21)16-5-2-6-17(23)22(16)10-12/h1-6,8,12-13H,7,9-11H2,(H,20,24)/t12-,13+/m0/s1. The van der Waals surface area contributed by atoms with Crippen LogP contribution in [0.15, 0.2) is 47.3 Å². The van der Waals surface area contributed by atoms with E-state index in [1.54, 1.807) is 6.07 Å². The average molecular weight is 360 g/mol. The number of rotatable bonds is 1. The molecule has 2 atom stereocenters. The van der Waals surface area contributed by atoms with Crippen LogP contribution in [0.1, 0.15) is 18.0 Å². The highest BCUT2D eigenvalue weighted by Gasteiger charge is 2.35. The van der Waals surface area contributed by atoms with Gasteiger partial charge in [-0.15, -0.1) is 0 Å². The second kappa shape index (κ2) is 6.22. The van der Waals surface area contributed by atoms with Crippen LogP contribution in [-0.4, -0.2) is 27.7 Å². The molecular weight excluding hydrogens is 342 g/mol. The summed E-state index contributed by atoms with van der Waals surface area (Å²) in [6.07, 6.45) is 1.12. The summed E-state index contributed by atoms with van der Waals surface area (Å²) in [5, 5.41) is 4.69. The third-order valence-corrected chi connectivity index (χ3v) is 5.44. The van der Waals surface area contributed by atoms with E-state index in [1.165, 1.54) is 0 Å². The third kappa shape index (κ3) is 2.94. The van der Waals surface area contributed by atoms with Crippen LogP contribution in [0.5, 0.6) is 0 Å². The molecule has 1 fully saturated rings. The summed E-state index contributed by atoms with van der Waals surface area (Å²) in [5.74, 6) is 0.806. The number of fused-ring (bicyclic) bond motifs is 4. The summed E-state index contributed by atoms with van der Waals surface area (Å²) < 4.78 is 1.93. The Kier molecular flexibility index (Phi) is 4.06. The predicted molar refractivity (Wildman–Crippen MR) is 101 cm³/mol. The quantitative estimate of drug-likeness (QED) is 0.792. The van der Waals surface area contributed by atoms with E-state index in [9.17, 15) is 4.79 Å². The molecule has 0 unspecified atom stereocenters. The number of piperidine rings is 1. The Morgan fingerprint density at radius 2 is 2.00 bits per heavy atom. The lowest BCUT2D eigenvalue weighted by molar-refractivity contribution is 0.180. The van der Waals surface area contributed by atoms with Crippen LogP contribution in [0.25, 0.3) is 0 Å². The van der Waals surface area contributed by atoms with Crippen LogP contribution in [0.3, 0.4) is 0 Å². The van der Waals surface area contributed by atoms with Crippen molar-refractivity contribution in [2.45, 2.75) is 18.9 Å². The van der Waals surface area contributed by atoms with Crippen molar-refractivity contribution < 1.29 is 0 Å². The second-order valence-electron chi connectivity index (χ2n) is 6.54. The van der Waals surface area contributed by atoms with E-state index in [-0.39, 0.29) is 5.56 Å². The van der Waals surface area contributed by atoms with Crippen molar-refractivity contribution in [2.24, 2.45) is 5.92 Å². The maximum atomic E-state index is 12.1. The first-order valence-corrected chi connectivity index (χ1v) is 8.90.